The van der Waals surface area contributed by atoms with Crippen LogP contribution in [-0.4, -0.2) is 19.5 Å². The Morgan fingerprint density at radius 3 is 3.12 bits per heavy atom. The SMILES string of the molecule is COc1cccc(CNC2=NCCCCC2)c1. The smallest absolute Gasteiger partial charge is 0.119 e. The van der Waals surface area contributed by atoms with Gasteiger partial charge in [0.1, 0.15) is 5.75 Å². The average Bonchev–Trinajstić information content (AvgIpc) is 2.65. The monoisotopic (exact) mass is 232 g/mol. The molecule has 0 saturated carbocycles. The Balaban J connectivity index is 1.90. The van der Waals surface area contributed by atoms with Gasteiger partial charge in [-0.3, -0.25) is 4.99 Å². The highest BCUT2D eigenvalue weighted by Gasteiger charge is 2.03. The highest BCUT2D eigenvalue weighted by atomic mass is 16.5. The van der Waals surface area contributed by atoms with Gasteiger partial charge < -0.3 is 10.1 Å². The van der Waals surface area contributed by atoms with Gasteiger partial charge in [0.2, 0.25) is 0 Å². The van der Waals surface area contributed by atoms with Crippen molar-refractivity contribution >= 4 is 5.84 Å². The fourth-order valence-electron chi connectivity index (χ4n) is 2.00. The molecule has 0 fully saturated rings. The maximum atomic E-state index is 5.21. The van der Waals surface area contributed by atoms with E-state index in [0.29, 0.717) is 0 Å². The molecule has 17 heavy (non-hydrogen) atoms. The van der Waals surface area contributed by atoms with E-state index >= 15 is 0 Å². The molecule has 92 valence electrons. The topological polar surface area (TPSA) is 33.6 Å². The predicted molar refractivity (Wildman–Crippen MR) is 70.6 cm³/mol. The van der Waals surface area contributed by atoms with Crippen LogP contribution in [0.4, 0.5) is 0 Å². The minimum atomic E-state index is 0.829. The van der Waals surface area contributed by atoms with Crippen LogP contribution in [0.2, 0.25) is 0 Å². The Morgan fingerprint density at radius 1 is 1.29 bits per heavy atom. The summed E-state index contributed by atoms with van der Waals surface area (Å²) in [5, 5.41) is 3.42. The molecule has 3 heteroatoms. The van der Waals surface area contributed by atoms with Crippen molar-refractivity contribution in [2.24, 2.45) is 4.99 Å². The first-order valence-corrected chi connectivity index (χ1v) is 6.28. The molecule has 0 bridgehead atoms. The van der Waals surface area contributed by atoms with Crippen molar-refractivity contribution in [2.75, 3.05) is 13.7 Å². The highest BCUT2D eigenvalue weighted by molar-refractivity contribution is 5.82. The number of aliphatic imine (C=N–C) groups is 1. The molecule has 0 unspecified atom stereocenters. The predicted octanol–water partition coefficient (Wildman–Crippen LogP) is 2.76. The van der Waals surface area contributed by atoms with E-state index in [1.165, 1.54) is 24.8 Å². The first kappa shape index (κ1) is 12.0. The summed E-state index contributed by atoms with van der Waals surface area (Å²) in [4.78, 5) is 4.56. The maximum absolute atomic E-state index is 5.21. The molecular formula is C14H20N2O. The second-order valence-corrected chi connectivity index (χ2v) is 4.34. The molecule has 0 amide bonds. The van der Waals surface area contributed by atoms with Crippen molar-refractivity contribution < 1.29 is 4.74 Å². The molecule has 1 aliphatic heterocycles. The Labute approximate surface area is 103 Å². The molecule has 2 rings (SSSR count). The summed E-state index contributed by atoms with van der Waals surface area (Å²) in [5.41, 5.74) is 1.23. The van der Waals surface area contributed by atoms with E-state index in [2.05, 4.69) is 22.4 Å². The van der Waals surface area contributed by atoms with Crippen LogP contribution < -0.4 is 10.1 Å². The number of nitrogens with one attached hydrogen (secondary N) is 1. The van der Waals surface area contributed by atoms with Crippen LogP contribution in [0.5, 0.6) is 5.75 Å². The van der Waals surface area contributed by atoms with Crippen LogP contribution >= 0.6 is 0 Å². The third-order valence-electron chi connectivity index (χ3n) is 3.01. The number of benzene rings is 1. The third-order valence-corrected chi connectivity index (χ3v) is 3.01. The van der Waals surface area contributed by atoms with Gasteiger partial charge >= 0.3 is 0 Å². The summed E-state index contributed by atoms with van der Waals surface area (Å²) < 4.78 is 5.21. The maximum Gasteiger partial charge on any atom is 0.119 e. The lowest BCUT2D eigenvalue weighted by Gasteiger charge is -2.09. The zero-order valence-electron chi connectivity index (χ0n) is 10.4. The number of ether oxygens (including phenoxy) is 1. The molecule has 1 aromatic rings. The number of rotatable bonds is 3. The molecule has 0 radical (unpaired) electrons. The zero-order chi connectivity index (χ0) is 11.9. The number of amidine groups is 1. The first-order valence-electron chi connectivity index (χ1n) is 6.28. The second-order valence-electron chi connectivity index (χ2n) is 4.34. The molecule has 1 heterocycles. The molecule has 0 aromatic heterocycles. The number of nitrogens with zero attached hydrogens (tertiary/aromatic N) is 1. The number of methoxy groups -OCH3 is 1. The van der Waals surface area contributed by atoms with Gasteiger partial charge in [0.15, 0.2) is 0 Å². The van der Waals surface area contributed by atoms with Gasteiger partial charge in [0, 0.05) is 19.5 Å². The molecule has 3 nitrogen and oxygen atoms in total. The van der Waals surface area contributed by atoms with E-state index in [0.717, 1.165) is 31.1 Å². The van der Waals surface area contributed by atoms with Gasteiger partial charge in [-0.15, -0.1) is 0 Å². The van der Waals surface area contributed by atoms with Crippen molar-refractivity contribution in [3.63, 3.8) is 0 Å². The van der Waals surface area contributed by atoms with Gasteiger partial charge in [0.05, 0.1) is 12.9 Å². The van der Waals surface area contributed by atoms with Crippen molar-refractivity contribution in [3.05, 3.63) is 29.8 Å². The van der Waals surface area contributed by atoms with Crippen LogP contribution in [0.15, 0.2) is 29.3 Å². The summed E-state index contributed by atoms with van der Waals surface area (Å²) in [6, 6.07) is 8.15. The van der Waals surface area contributed by atoms with Crippen molar-refractivity contribution in [1.82, 2.24) is 5.32 Å². The third kappa shape index (κ3) is 3.77. The van der Waals surface area contributed by atoms with Crippen LogP contribution in [0.1, 0.15) is 31.2 Å². The molecule has 1 N–H and O–H groups in total. The normalized spacial score (nSPS) is 15.9. The number of hydrogen-bond acceptors (Lipinski definition) is 3. The fraction of sp³-hybridized carbons (Fsp3) is 0.500. The van der Waals surface area contributed by atoms with E-state index in [1.807, 2.05) is 12.1 Å². The van der Waals surface area contributed by atoms with Crippen LogP contribution in [0.25, 0.3) is 0 Å². The molecule has 0 spiro atoms. The minimum absolute atomic E-state index is 0.829. The second kappa shape index (κ2) is 6.28. The Hall–Kier alpha value is -1.51. The van der Waals surface area contributed by atoms with E-state index in [9.17, 15) is 0 Å². The highest BCUT2D eigenvalue weighted by Crippen LogP contribution is 2.12. The van der Waals surface area contributed by atoms with E-state index < -0.39 is 0 Å². The summed E-state index contributed by atoms with van der Waals surface area (Å²) in [7, 11) is 1.70. The molecule has 0 atom stereocenters. The Kier molecular flexibility index (Phi) is 4.42. The van der Waals surface area contributed by atoms with E-state index in [1.54, 1.807) is 7.11 Å². The quantitative estimate of drug-likeness (QED) is 0.869. The molecule has 1 aliphatic rings. The lowest BCUT2D eigenvalue weighted by Crippen LogP contribution is -2.22. The van der Waals surface area contributed by atoms with Crippen molar-refractivity contribution in [2.45, 2.75) is 32.2 Å². The van der Waals surface area contributed by atoms with Crippen molar-refractivity contribution in [3.8, 4) is 5.75 Å². The zero-order valence-corrected chi connectivity index (χ0v) is 10.4. The first-order chi connectivity index (χ1) is 8.38. The summed E-state index contributed by atoms with van der Waals surface area (Å²) in [5.74, 6) is 2.07. The molecule has 0 saturated heterocycles. The summed E-state index contributed by atoms with van der Waals surface area (Å²) in [6.07, 6.45) is 4.87. The van der Waals surface area contributed by atoms with E-state index in [4.69, 9.17) is 4.74 Å². The van der Waals surface area contributed by atoms with Gasteiger partial charge in [-0.25, -0.2) is 0 Å². The summed E-state index contributed by atoms with van der Waals surface area (Å²) in [6.45, 7) is 1.80. The van der Waals surface area contributed by atoms with Crippen LogP contribution in [-0.2, 0) is 6.54 Å². The standard InChI is InChI=1S/C14H20N2O/c1-17-13-7-5-6-12(10-13)11-16-14-8-3-2-4-9-15-14/h5-7,10H,2-4,8-9,11H2,1H3,(H,15,16). The molecule has 1 aromatic carbocycles. The Bertz CT molecular complexity index is 388. The largest absolute Gasteiger partial charge is 0.497 e. The lowest BCUT2D eigenvalue weighted by atomic mass is 10.2. The average molecular weight is 232 g/mol. The molecule has 0 aliphatic carbocycles. The molecular weight excluding hydrogens is 212 g/mol. The van der Waals surface area contributed by atoms with E-state index in [-0.39, 0.29) is 0 Å². The lowest BCUT2D eigenvalue weighted by molar-refractivity contribution is 0.414. The van der Waals surface area contributed by atoms with Gasteiger partial charge in [-0.2, -0.15) is 0 Å². The summed E-state index contributed by atoms with van der Waals surface area (Å²) >= 11 is 0. The van der Waals surface area contributed by atoms with Crippen LogP contribution in [0.3, 0.4) is 0 Å². The van der Waals surface area contributed by atoms with Crippen LogP contribution in [0, 0.1) is 0 Å². The van der Waals surface area contributed by atoms with Gasteiger partial charge in [-0.1, -0.05) is 18.6 Å². The number of hydrogen-bond donors (Lipinski definition) is 1. The van der Waals surface area contributed by atoms with Gasteiger partial charge in [0.25, 0.3) is 0 Å². The van der Waals surface area contributed by atoms with Gasteiger partial charge in [-0.05, 0) is 30.5 Å². The fourth-order valence-corrected chi connectivity index (χ4v) is 2.00. The minimum Gasteiger partial charge on any atom is -0.497 e. The van der Waals surface area contributed by atoms with Crippen molar-refractivity contribution in [1.29, 1.82) is 0 Å². The Morgan fingerprint density at radius 2 is 2.24 bits per heavy atom.